The molecule has 0 atom stereocenters. The molecule has 0 unspecified atom stereocenters. The summed E-state index contributed by atoms with van der Waals surface area (Å²) in [4.78, 5) is 15.9. The van der Waals surface area contributed by atoms with E-state index in [9.17, 15) is 27.5 Å². The Hall–Kier alpha value is -3.39. The van der Waals surface area contributed by atoms with E-state index in [1.807, 2.05) is 0 Å². The van der Waals surface area contributed by atoms with Crippen molar-refractivity contribution in [3.63, 3.8) is 0 Å². The van der Waals surface area contributed by atoms with Crippen molar-refractivity contribution >= 4 is 28.5 Å². The molecule has 2 heterocycles. The molecule has 0 aliphatic heterocycles. The summed E-state index contributed by atoms with van der Waals surface area (Å²) in [6, 6.07) is 10.4. The molecule has 0 spiro atoms. The summed E-state index contributed by atoms with van der Waals surface area (Å²) in [6.45, 7) is 0. The molecule has 0 amide bonds. The maximum atomic E-state index is 13.5. The van der Waals surface area contributed by atoms with Crippen LogP contribution < -0.4 is 0 Å². The number of carboxylic acid groups (broad SMARTS) is 1. The van der Waals surface area contributed by atoms with E-state index in [2.05, 4.69) is 4.98 Å². The smallest absolute Gasteiger partial charge is 0.416 e. The second-order valence-electron chi connectivity index (χ2n) is 6.38. The number of nitrogens with zero attached hydrogens (tertiary/aromatic N) is 1. The third-order valence-electron chi connectivity index (χ3n) is 4.42. The zero-order valence-corrected chi connectivity index (χ0v) is 15.6. The summed E-state index contributed by atoms with van der Waals surface area (Å²) in [6.07, 6.45) is -4.56. The summed E-state index contributed by atoms with van der Waals surface area (Å²) in [5.41, 5.74) is -0.704. The van der Waals surface area contributed by atoms with Gasteiger partial charge in [0, 0.05) is 10.9 Å². The molecule has 2 aromatic carbocycles. The Morgan fingerprint density at radius 3 is 2.43 bits per heavy atom. The lowest BCUT2D eigenvalue weighted by atomic mass is 10.1. The lowest BCUT2D eigenvalue weighted by Gasteiger charge is -2.09. The minimum Gasteiger partial charge on any atom is -0.478 e. The number of hydrogen-bond donors (Lipinski definition) is 1. The summed E-state index contributed by atoms with van der Waals surface area (Å²) < 4.78 is 58.2. The molecule has 0 saturated carbocycles. The molecule has 0 radical (unpaired) electrons. The summed E-state index contributed by atoms with van der Waals surface area (Å²) in [5.74, 6) is -1.73. The fourth-order valence-electron chi connectivity index (χ4n) is 3.01. The van der Waals surface area contributed by atoms with Gasteiger partial charge in [0.25, 0.3) is 0 Å². The van der Waals surface area contributed by atoms with Crippen molar-refractivity contribution in [1.29, 1.82) is 0 Å². The van der Waals surface area contributed by atoms with Crippen LogP contribution in [0.4, 0.5) is 17.6 Å². The van der Waals surface area contributed by atoms with Crippen LogP contribution in [0.3, 0.4) is 0 Å². The molecule has 0 bridgehead atoms. The number of aromatic nitrogens is 1. The SMILES string of the molecule is O=C(O)c1cc(-c2ccc(-c3cc(C(F)(F)F)ccc3Cl)o2)nc2ccc(F)cc12. The van der Waals surface area contributed by atoms with E-state index in [0.717, 1.165) is 30.3 Å². The molecule has 2 aromatic heterocycles. The first-order chi connectivity index (χ1) is 14.1. The van der Waals surface area contributed by atoms with Gasteiger partial charge in [0.2, 0.25) is 0 Å². The second-order valence-corrected chi connectivity index (χ2v) is 6.79. The van der Waals surface area contributed by atoms with Crippen LogP contribution in [0.2, 0.25) is 5.02 Å². The summed E-state index contributed by atoms with van der Waals surface area (Å²) in [5, 5.41) is 9.63. The molecule has 4 aromatic rings. The fourth-order valence-corrected chi connectivity index (χ4v) is 3.22. The lowest BCUT2D eigenvalue weighted by Crippen LogP contribution is -2.04. The van der Waals surface area contributed by atoms with Crippen LogP contribution in [0.25, 0.3) is 33.7 Å². The van der Waals surface area contributed by atoms with E-state index in [1.165, 1.54) is 24.3 Å². The van der Waals surface area contributed by atoms with Gasteiger partial charge in [-0.1, -0.05) is 11.6 Å². The highest BCUT2D eigenvalue weighted by Crippen LogP contribution is 2.38. The summed E-state index contributed by atoms with van der Waals surface area (Å²) in [7, 11) is 0. The Morgan fingerprint density at radius 1 is 1.00 bits per heavy atom. The molecule has 1 N–H and O–H groups in total. The van der Waals surface area contributed by atoms with Crippen LogP contribution in [0.15, 0.2) is 59.0 Å². The van der Waals surface area contributed by atoms with E-state index in [1.54, 1.807) is 0 Å². The highest BCUT2D eigenvalue weighted by Gasteiger charge is 2.31. The number of benzene rings is 2. The number of carboxylic acids is 1. The van der Waals surface area contributed by atoms with Crippen molar-refractivity contribution in [2.45, 2.75) is 6.18 Å². The first-order valence-electron chi connectivity index (χ1n) is 8.44. The quantitative estimate of drug-likeness (QED) is 0.365. The molecule has 0 aliphatic carbocycles. The number of carbonyl (C=O) groups is 1. The van der Waals surface area contributed by atoms with Gasteiger partial charge < -0.3 is 9.52 Å². The van der Waals surface area contributed by atoms with E-state index >= 15 is 0 Å². The van der Waals surface area contributed by atoms with Crippen LogP contribution in [0.1, 0.15) is 15.9 Å². The van der Waals surface area contributed by atoms with Crippen LogP contribution in [-0.4, -0.2) is 16.1 Å². The van der Waals surface area contributed by atoms with E-state index in [0.29, 0.717) is 0 Å². The number of halogens is 5. The summed E-state index contributed by atoms with van der Waals surface area (Å²) >= 11 is 6.04. The highest BCUT2D eigenvalue weighted by molar-refractivity contribution is 6.33. The maximum Gasteiger partial charge on any atom is 0.416 e. The van der Waals surface area contributed by atoms with Gasteiger partial charge in [0.05, 0.1) is 21.7 Å². The molecular formula is C21H10ClF4NO3. The Labute approximate surface area is 171 Å². The molecule has 0 fully saturated rings. The van der Waals surface area contributed by atoms with Gasteiger partial charge in [-0.15, -0.1) is 0 Å². The molecular weight excluding hydrogens is 426 g/mol. The topological polar surface area (TPSA) is 63.3 Å². The molecule has 0 aliphatic rings. The third-order valence-corrected chi connectivity index (χ3v) is 4.75. The highest BCUT2D eigenvalue weighted by atomic mass is 35.5. The zero-order chi connectivity index (χ0) is 21.6. The Kier molecular flexibility index (Phi) is 4.74. The molecule has 4 rings (SSSR count). The Morgan fingerprint density at radius 2 is 1.73 bits per heavy atom. The molecule has 152 valence electrons. The number of furan rings is 1. The number of pyridine rings is 1. The van der Waals surface area contributed by atoms with Crippen molar-refractivity contribution in [1.82, 2.24) is 4.98 Å². The number of rotatable bonds is 3. The first kappa shape index (κ1) is 19.9. The molecule has 9 heteroatoms. The van der Waals surface area contributed by atoms with Gasteiger partial charge in [-0.2, -0.15) is 13.2 Å². The van der Waals surface area contributed by atoms with E-state index in [4.69, 9.17) is 16.0 Å². The maximum absolute atomic E-state index is 13.5. The number of hydrogen-bond acceptors (Lipinski definition) is 3. The van der Waals surface area contributed by atoms with Crippen molar-refractivity contribution in [3.8, 4) is 22.8 Å². The van der Waals surface area contributed by atoms with Crippen LogP contribution >= 0.6 is 11.6 Å². The molecule has 30 heavy (non-hydrogen) atoms. The normalized spacial score (nSPS) is 11.8. The largest absolute Gasteiger partial charge is 0.478 e. The lowest BCUT2D eigenvalue weighted by molar-refractivity contribution is -0.137. The van der Waals surface area contributed by atoms with Crippen LogP contribution in [0, 0.1) is 5.82 Å². The standard InChI is InChI=1S/C21H10ClF4NO3/c22-15-3-1-10(21(24,25)26)7-14(15)18-5-6-19(30-18)17-9-13(20(28)29)12-8-11(23)2-4-16(12)27-17/h1-9H,(H,28,29). The number of fused-ring (bicyclic) bond motifs is 1. The van der Waals surface area contributed by atoms with Crippen molar-refractivity contribution < 1.29 is 31.9 Å². The second kappa shape index (κ2) is 7.14. The Bertz CT molecular complexity index is 1300. The van der Waals surface area contributed by atoms with Crippen molar-refractivity contribution in [2.75, 3.05) is 0 Å². The van der Waals surface area contributed by atoms with Crippen molar-refractivity contribution in [3.05, 3.63) is 76.6 Å². The zero-order valence-electron chi connectivity index (χ0n) is 14.8. The number of alkyl halides is 3. The van der Waals surface area contributed by atoms with Crippen LogP contribution in [0.5, 0.6) is 0 Å². The predicted molar refractivity (Wildman–Crippen MR) is 102 cm³/mol. The average Bonchev–Trinajstić information content (AvgIpc) is 3.16. The van der Waals surface area contributed by atoms with Crippen LogP contribution in [-0.2, 0) is 6.18 Å². The van der Waals surface area contributed by atoms with Gasteiger partial charge >= 0.3 is 12.1 Å². The van der Waals surface area contributed by atoms with E-state index in [-0.39, 0.29) is 44.3 Å². The van der Waals surface area contributed by atoms with Crippen molar-refractivity contribution in [2.24, 2.45) is 0 Å². The van der Waals surface area contributed by atoms with Gasteiger partial charge in [0.15, 0.2) is 5.76 Å². The van der Waals surface area contributed by atoms with Gasteiger partial charge in [-0.25, -0.2) is 14.2 Å². The third kappa shape index (κ3) is 3.61. The van der Waals surface area contributed by atoms with Gasteiger partial charge in [0.1, 0.15) is 17.3 Å². The molecule has 4 nitrogen and oxygen atoms in total. The number of aromatic carboxylic acids is 1. The minimum atomic E-state index is -4.56. The average molecular weight is 436 g/mol. The Balaban J connectivity index is 1.83. The monoisotopic (exact) mass is 435 g/mol. The molecule has 0 saturated heterocycles. The van der Waals surface area contributed by atoms with Gasteiger partial charge in [-0.3, -0.25) is 0 Å². The minimum absolute atomic E-state index is 0.0269. The van der Waals surface area contributed by atoms with E-state index < -0.39 is 23.5 Å². The predicted octanol–water partition coefficient (Wildman–Crippen LogP) is 6.67. The fraction of sp³-hybridized carbons (Fsp3) is 0.0476. The van der Waals surface area contributed by atoms with Gasteiger partial charge in [-0.05, 0) is 54.6 Å². The first-order valence-corrected chi connectivity index (χ1v) is 8.82.